The van der Waals surface area contributed by atoms with Gasteiger partial charge < -0.3 is 14.8 Å². The Morgan fingerprint density at radius 3 is 2.77 bits per heavy atom. The zero-order valence-electron chi connectivity index (χ0n) is 13.2. The van der Waals surface area contributed by atoms with Crippen LogP contribution in [0, 0.1) is 5.92 Å². The molecule has 2 heterocycles. The van der Waals surface area contributed by atoms with Gasteiger partial charge in [-0.05, 0) is 18.1 Å². The van der Waals surface area contributed by atoms with Gasteiger partial charge in [0, 0.05) is 19.4 Å². The fourth-order valence-electron chi connectivity index (χ4n) is 1.77. The van der Waals surface area contributed by atoms with Crippen LogP contribution in [0.25, 0.3) is 0 Å². The lowest BCUT2D eigenvalue weighted by molar-refractivity contribution is 0.175. The molecule has 0 amide bonds. The lowest BCUT2D eigenvalue weighted by Crippen LogP contribution is -2.10. The Kier molecular flexibility index (Phi) is 6.09. The molecule has 0 fully saturated rings. The fourth-order valence-corrected chi connectivity index (χ4v) is 1.77. The van der Waals surface area contributed by atoms with Crippen LogP contribution < -0.4 is 10.1 Å². The molecule has 1 N–H and O–H groups in total. The van der Waals surface area contributed by atoms with Crippen molar-refractivity contribution in [2.24, 2.45) is 5.92 Å². The maximum Gasteiger partial charge on any atom is 0.218 e. The Hall–Kier alpha value is -2.21. The van der Waals surface area contributed by atoms with E-state index in [9.17, 15) is 0 Å². The van der Waals surface area contributed by atoms with Crippen molar-refractivity contribution in [1.29, 1.82) is 0 Å². The third-order valence-corrected chi connectivity index (χ3v) is 2.76. The number of anilines is 1. The summed E-state index contributed by atoms with van der Waals surface area (Å²) in [7, 11) is 1.62. The van der Waals surface area contributed by atoms with E-state index < -0.39 is 0 Å². The van der Waals surface area contributed by atoms with Gasteiger partial charge in [-0.2, -0.15) is 4.98 Å². The second-order valence-corrected chi connectivity index (χ2v) is 5.32. The smallest absolute Gasteiger partial charge is 0.218 e. The molecule has 0 radical (unpaired) electrons. The van der Waals surface area contributed by atoms with E-state index in [1.807, 2.05) is 18.2 Å². The van der Waals surface area contributed by atoms with Crippen LogP contribution in [-0.4, -0.2) is 28.7 Å². The molecule has 22 heavy (non-hydrogen) atoms. The van der Waals surface area contributed by atoms with E-state index in [2.05, 4.69) is 34.1 Å². The second kappa shape index (κ2) is 8.29. The molecular formula is C16H22N4O2. The largest absolute Gasteiger partial charge is 0.477 e. The van der Waals surface area contributed by atoms with Crippen molar-refractivity contribution in [3.63, 3.8) is 0 Å². The SMILES string of the molecule is COCc1nc(NCc2ccccn2)cc(OCC(C)C)n1. The summed E-state index contributed by atoms with van der Waals surface area (Å²) in [5.41, 5.74) is 0.944. The molecule has 0 unspecified atom stereocenters. The highest BCUT2D eigenvalue weighted by atomic mass is 16.5. The third kappa shape index (κ3) is 5.29. The Balaban J connectivity index is 2.07. The molecule has 0 atom stereocenters. The van der Waals surface area contributed by atoms with Crippen molar-refractivity contribution < 1.29 is 9.47 Å². The van der Waals surface area contributed by atoms with Crippen LogP contribution >= 0.6 is 0 Å². The van der Waals surface area contributed by atoms with Crippen LogP contribution in [0.15, 0.2) is 30.5 Å². The molecule has 6 nitrogen and oxygen atoms in total. The number of nitrogens with one attached hydrogen (secondary N) is 1. The van der Waals surface area contributed by atoms with E-state index in [-0.39, 0.29) is 0 Å². The lowest BCUT2D eigenvalue weighted by Gasteiger charge is -2.11. The van der Waals surface area contributed by atoms with Crippen molar-refractivity contribution in [1.82, 2.24) is 15.0 Å². The number of methoxy groups -OCH3 is 1. The molecule has 0 aliphatic rings. The highest BCUT2D eigenvalue weighted by molar-refractivity contribution is 5.38. The first kappa shape index (κ1) is 16.2. The van der Waals surface area contributed by atoms with Gasteiger partial charge in [0.05, 0.1) is 18.8 Å². The molecular weight excluding hydrogens is 280 g/mol. The molecule has 2 rings (SSSR count). The van der Waals surface area contributed by atoms with Crippen LogP contribution in [0.5, 0.6) is 5.88 Å². The van der Waals surface area contributed by atoms with Crippen molar-refractivity contribution in [3.8, 4) is 5.88 Å². The molecule has 0 aliphatic carbocycles. The standard InChI is InChI=1S/C16H22N4O2/c1-12(2)10-22-16-8-14(19-15(20-16)11-21-3)18-9-13-6-4-5-7-17-13/h4-8,12H,9-11H2,1-3H3,(H,18,19,20). The Bertz CT molecular complexity index is 576. The molecule has 2 aromatic rings. The number of rotatable bonds is 8. The first-order valence-corrected chi connectivity index (χ1v) is 7.31. The Morgan fingerprint density at radius 1 is 1.23 bits per heavy atom. The quantitative estimate of drug-likeness (QED) is 0.808. The van der Waals surface area contributed by atoms with Gasteiger partial charge in [0.15, 0.2) is 5.82 Å². The summed E-state index contributed by atoms with van der Waals surface area (Å²) in [4.78, 5) is 13.0. The maximum atomic E-state index is 5.68. The molecule has 0 spiro atoms. The van der Waals surface area contributed by atoms with E-state index in [1.54, 1.807) is 19.4 Å². The monoisotopic (exact) mass is 302 g/mol. The maximum absolute atomic E-state index is 5.68. The highest BCUT2D eigenvalue weighted by Gasteiger charge is 2.07. The summed E-state index contributed by atoms with van der Waals surface area (Å²) < 4.78 is 10.8. The fraction of sp³-hybridized carbons (Fsp3) is 0.438. The average Bonchev–Trinajstić information content (AvgIpc) is 2.52. The topological polar surface area (TPSA) is 69.2 Å². The van der Waals surface area contributed by atoms with Crippen LogP contribution in [0.3, 0.4) is 0 Å². The summed E-state index contributed by atoms with van der Waals surface area (Å²) in [6, 6.07) is 7.60. The summed E-state index contributed by atoms with van der Waals surface area (Å²) >= 11 is 0. The van der Waals surface area contributed by atoms with Gasteiger partial charge >= 0.3 is 0 Å². The van der Waals surface area contributed by atoms with Gasteiger partial charge in [-0.25, -0.2) is 4.98 Å². The predicted octanol–water partition coefficient (Wildman–Crippen LogP) is 2.66. The number of aromatic nitrogens is 3. The van der Waals surface area contributed by atoms with Gasteiger partial charge in [0.1, 0.15) is 12.4 Å². The summed E-state index contributed by atoms with van der Waals surface area (Å²) in [6.45, 7) is 5.74. The van der Waals surface area contributed by atoms with Gasteiger partial charge in [-0.1, -0.05) is 19.9 Å². The van der Waals surface area contributed by atoms with E-state index in [0.29, 0.717) is 43.2 Å². The first-order valence-electron chi connectivity index (χ1n) is 7.31. The molecule has 2 aromatic heterocycles. The van der Waals surface area contributed by atoms with E-state index in [4.69, 9.17) is 9.47 Å². The minimum atomic E-state index is 0.344. The molecule has 0 bridgehead atoms. The zero-order valence-corrected chi connectivity index (χ0v) is 13.2. The van der Waals surface area contributed by atoms with Gasteiger partial charge in [0.25, 0.3) is 0 Å². The number of pyridine rings is 1. The normalized spacial score (nSPS) is 10.7. The zero-order chi connectivity index (χ0) is 15.8. The van der Waals surface area contributed by atoms with Crippen LogP contribution in [0.1, 0.15) is 25.4 Å². The van der Waals surface area contributed by atoms with Gasteiger partial charge in [-0.3, -0.25) is 4.98 Å². The first-order chi connectivity index (χ1) is 10.7. The molecule has 118 valence electrons. The average molecular weight is 302 g/mol. The Labute approximate surface area is 130 Å². The van der Waals surface area contributed by atoms with Crippen LogP contribution in [-0.2, 0) is 17.9 Å². The number of hydrogen-bond acceptors (Lipinski definition) is 6. The lowest BCUT2D eigenvalue weighted by atomic mass is 10.2. The summed E-state index contributed by atoms with van der Waals surface area (Å²) in [5, 5.41) is 3.24. The molecule has 0 saturated heterocycles. The Morgan fingerprint density at radius 2 is 2.09 bits per heavy atom. The van der Waals surface area contributed by atoms with Crippen molar-refractivity contribution in [2.45, 2.75) is 27.0 Å². The van der Waals surface area contributed by atoms with Gasteiger partial charge in [0.2, 0.25) is 5.88 Å². The minimum Gasteiger partial charge on any atom is -0.477 e. The van der Waals surface area contributed by atoms with Crippen LogP contribution in [0.2, 0.25) is 0 Å². The number of nitrogens with zero attached hydrogens (tertiary/aromatic N) is 3. The number of ether oxygens (including phenoxy) is 2. The van der Waals surface area contributed by atoms with Crippen molar-refractivity contribution in [3.05, 3.63) is 42.0 Å². The molecule has 0 saturated carbocycles. The third-order valence-electron chi connectivity index (χ3n) is 2.76. The molecule has 6 heteroatoms. The van der Waals surface area contributed by atoms with Crippen molar-refractivity contribution in [2.75, 3.05) is 19.0 Å². The van der Waals surface area contributed by atoms with E-state index in [1.165, 1.54) is 0 Å². The predicted molar refractivity (Wildman–Crippen MR) is 84.6 cm³/mol. The van der Waals surface area contributed by atoms with Crippen molar-refractivity contribution >= 4 is 5.82 Å². The van der Waals surface area contributed by atoms with E-state index in [0.717, 1.165) is 5.69 Å². The number of hydrogen-bond donors (Lipinski definition) is 1. The molecule has 0 aromatic carbocycles. The summed E-state index contributed by atoms with van der Waals surface area (Å²) in [6.07, 6.45) is 1.77. The van der Waals surface area contributed by atoms with E-state index >= 15 is 0 Å². The highest BCUT2D eigenvalue weighted by Crippen LogP contribution is 2.15. The minimum absolute atomic E-state index is 0.344. The van der Waals surface area contributed by atoms with Crippen LogP contribution in [0.4, 0.5) is 5.82 Å². The summed E-state index contributed by atoms with van der Waals surface area (Å²) in [5.74, 6) is 2.28. The second-order valence-electron chi connectivity index (χ2n) is 5.32. The molecule has 0 aliphatic heterocycles. The van der Waals surface area contributed by atoms with Gasteiger partial charge in [-0.15, -0.1) is 0 Å².